The average molecular weight is 269 g/mol. The molecule has 1 saturated heterocycles. The van der Waals surface area contributed by atoms with E-state index in [1.54, 1.807) is 0 Å². The lowest BCUT2D eigenvalue weighted by molar-refractivity contribution is -0.124. The Hall–Kier alpha value is -0.290. The van der Waals surface area contributed by atoms with Crippen LogP contribution in [0.25, 0.3) is 0 Å². The molecule has 16 heavy (non-hydrogen) atoms. The van der Waals surface area contributed by atoms with E-state index in [0.29, 0.717) is 18.2 Å². The largest absolute Gasteiger partial charge is 0.381 e. The Morgan fingerprint density at radius 2 is 2.12 bits per heavy atom. The third-order valence-corrected chi connectivity index (χ3v) is 2.66. The highest BCUT2D eigenvalue weighted by molar-refractivity contribution is 6.29. The standard InChI is InChI=1S/C10H17ClN2O2.ClH/c1-7(11)6-13-10(14)9(12)8-2-4-15-5-3-8;/h8-9H,1-6,12H2,(H,13,14);1H. The van der Waals surface area contributed by atoms with Gasteiger partial charge in [0.25, 0.3) is 0 Å². The van der Waals surface area contributed by atoms with E-state index in [2.05, 4.69) is 11.9 Å². The van der Waals surface area contributed by atoms with E-state index in [0.717, 1.165) is 12.8 Å². The van der Waals surface area contributed by atoms with Crippen LogP contribution in [0.2, 0.25) is 0 Å². The van der Waals surface area contributed by atoms with Crippen LogP contribution in [-0.2, 0) is 9.53 Å². The number of hydrogen-bond donors (Lipinski definition) is 2. The molecule has 1 fully saturated rings. The van der Waals surface area contributed by atoms with Crippen molar-refractivity contribution >= 4 is 29.9 Å². The Kier molecular flexibility index (Phi) is 7.76. The van der Waals surface area contributed by atoms with Crippen molar-refractivity contribution in [3.05, 3.63) is 11.6 Å². The summed E-state index contributed by atoms with van der Waals surface area (Å²) >= 11 is 5.54. The van der Waals surface area contributed by atoms with Crippen molar-refractivity contribution in [3.63, 3.8) is 0 Å². The molecule has 1 unspecified atom stereocenters. The van der Waals surface area contributed by atoms with Crippen LogP contribution in [-0.4, -0.2) is 31.7 Å². The van der Waals surface area contributed by atoms with Crippen molar-refractivity contribution in [2.45, 2.75) is 18.9 Å². The molecule has 0 aromatic carbocycles. The number of nitrogens with one attached hydrogen (secondary N) is 1. The van der Waals surface area contributed by atoms with Crippen molar-refractivity contribution < 1.29 is 9.53 Å². The fourth-order valence-electron chi connectivity index (χ4n) is 1.59. The number of carbonyl (C=O) groups is 1. The zero-order valence-electron chi connectivity index (χ0n) is 9.08. The van der Waals surface area contributed by atoms with E-state index in [4.69, 9.17) is 22.1 Å². The summed E-state index contributed by atoms with van der Waals surface area (Å²) in [5.41, 5.74) is 5.84. The van der Waals surface area contributed by atoms with Crippen LogP contribution in [0.1, 0.15) is 12.8 Å². The summed E-state index contributed by atoms with van der Waals surface area (Å²) in [6, 6.07) is -0.468. The summed E-state index contributed by atoms with van der Waals surface area (Å²) in [5.74, 6) is 0.0473. The first-order chi connectivity index (χ1) is 7.11. The van der Waals surface area contributed by atoms with Crippen LogP contribution >= 0.6 is 24.0 Å². The second kappa shape index (κ2) is 7.90. The van der Waals surface area contributed by atoms with Crippen LogP contribution in [0.4, 0.5) is 0 Å². The molecule has 0 aromatic heterocycles. The van der Waals surface area contributed by atoms with E-state index in [-0.39, 0.29) is 30.8 Å². The minimum atomic E-state index is -0.468. The maximum absolute atomic E-state index is 11.6. The van der Waals surface area contributed by atoms with Gasteiger partial charge >= 0.3 is 0 Å². The smallest absolute Gasteiger partial charge is 0.237 e. The second-order valence-electron chi connectivity index (χ2n) is 3.71. The Morgan fingerprint density at radius 3 is 2.62 bits per heavy atom. The highest BCUT2D eigenvalue weighted by Crippen LogP contribution is 2.17. The summed E-state index contributed by atoms with van der Waals surface area (Å²) in [4.78, 5) is 11.6. The first kappa shape index (κ1) is 15.7. The molecule has 3 N–H and O–H groups in total. The zero-order valence-corrected chi connectivity index (χ0v) is 10.6. The van der Waals surface area contributed by atoms with Crippen LogP contribution in [0.15, 0.2) is 11.6 Å². The molecule has 94 valence electrons. The number of amides is 1. The van der Waals surface area contributed by atoms with Crippen molar-refractivity contribution in [2.24, 2.45) is 11.7 Å². The number of ether oxygens (including phenoxy) is 1. The fourth-order valence-corrected chi connectivity index (χ4v) is 1.66. The van der Waals surface area contributed by atoms with Gasteiger partial charge in [-0.2, -0.15) is 0 Å². The van der Waals surface area contributed by atoms with Gasteiger partial charge in [-0.05, 0) is 18.8 Å². The summed E-state index contributed by atoms with van der Waals surface area (Å²) in [7, 11) is 0. The van der Waals surface area contributed by atoms with Crippen LogP contribution in [0.3, 0.4) is 0 Å². The Labute approximate surface area is 107 Å². The molecule has 0 aliphatic carbocycles. The van der Waals surface area contributed by atoms with Gasteiger partial charge in [-0.1, -0.05) is 18.2 Å². The second-order valence-corrected chi connectivity index (χ2v) is 4.25. The quantitative estimate of drug-likeness (QED) is 0.801. The van der Waals surface area contributed by atoms with Gasteiger partial charge in [0.15, 0.2) is 0 Å². The maximum Gasteiger partial charge on any atom is 0.237 e. The fraction of sp³-hybridized carbons (Fsp3) is 0.700. The monoisotopic (exact) mass is 268 g/mol. The molecule has 1 aliphatic rings. The van der Waals surface area contributed by atoms with Crippen molar-refractivity contribution in [1.82, 2.24) is 5.32 Å². The van der Waals surface area contributed by atoms with Gasteiger partial charge in [-0.15, -0.1) is 12.4 Å². The number of rotatable bonds is 4. The topological polar surface area (TPSA) is 64.4 Å². The Balaban J connectivity index is 0.00000225. The van der Waals surface area contributed by atoms with E-state index in [1.807, 2.05) is 0 Å². The Bertz CT molecular complexity index is 243. The molecule has 4 nitrogen and oxygen atoms in total. The highest BCUT2D eigenvalue weighted by atomic mass is 35.5. The summed E-state index contributed by atoms with van der Waals surface area (Å²) in [6.45, 7) is 5.14. The predicted molar refractivity (Wildman–Crippen MR) is 66.8 cm³/mol. The van der Waals surface area contributed by atoms with E-state index >= 15 is 0 Å². The molecule has 1 rings (SSSR count). The summed E-state index contributed by atoms with van der Waals surface area (Å²) < 4.78 is 5.21. The predicted octanol–water partition coefficient (Wildman–Crippen LogP) is 1.03. The first-order valence-electron chi connectivity index (χ1n) is 5.05. The number of nitrogens with two attached hydrogens (primary N) is 1. The van der Waals surface area contributed by atoms with Gasteiger partial charge in [-0.3, -0.25) is 4.79 Å². The van der Waals surface area contributed by atoms with Crippen molar-refractivity contribution in [2.75, 3.05) is 19.8 Å². The van der Waals surface area contributed by atoms with Gasteiger partial charge in [0.2, 0.25) is 5.91 Å². The maximum atomic E-state index is 11.6. The first-order valence-corrected chi connectivity index (χ1v) is 5.43. The molecule has 1 amide bonds. The molecule has 6 heteroatoms. The lowest BCUT2D eigenvalue weighted by Crippen LogP contribution is -2.47. The van der Waals surface area contributed by atoms with Gasteiger partial charge in [-0.25, -0.2) is 0 Å². The third kappa shape index (κ3) is 5.16. The van der Waals surface area contributed by atoms with Crippen LogP contribution < -0.4 is 11.1 Å². The highest BCUT2D eigenvalue weighted by Gasteiger charge is 2.26. The lowest BCUT2D eigenvalue weighted by atomic mass is 9.92. The summed E-state index contributed by atoms with van der Waals surface area (Å²) in [6.07, 6.45) is 1.69. The minimum Gasteiger partial charge on any atom is -0.381 e. The number of halogens is 2. The Morgan fingerprint density at radius 1 is 1.56 bits per heavy atom. The molecule has 1 aliphatic heterocycles. The lowest BCUT2D eigenvalue weighted by Gasteiger charge is -2.26. The molecule has 0 saturated carbocycles. The van der Waals surface area contributed by atoms with Crippen molar-refractivity contribution in [1.29, 1.82) is 0 Å². The van der Waals surface area contributed by atoms with Gasteiger partial charge in [0.1, 0.15) is 0 Å². The van der Waals surface area contributed by atoms with Crippen LogP contribution in [0.5, 0.6) is 0 Å². The number of carbonyl (C=O) groups excluding carboxylic acids is 1. The normalized spacial score (nSPS) is 18.4. The molecule has 0 bridgehead atoms. The van der Waals surface area contributed by atoms with E-state index in [1.165, 1.54) is 0 Å². The number of hydrogen-bond acceptors (Lipinski definition) is 3. The van der Waals surface area contributed by atoms with E-state index < -0.39 is 6.04 Å². The van der Waals surface area contributed by atoms with Gasteiger partial charge < -0.3 is 15.8 Å². The molecule has 1 heterocycles. The third-order valence-electron chi connectivity index (χ3n) is 2.53. The zero-order chi connectivity index (χ0) is 11.3. The molecule has 0 radical (unpaired) electrons. The molecule has 0 spiro atoms. The molecule has 0 aromatic rings. The van der Waals surface area contributed by atoms with Crippen molar-refractivity contribution in [3.8, 4) is 0 Å². The van der Waals surface area contributed by atoms with Gasteiger partial charge in [0, 0.05) is 18.2 Å². The SMILES string of the molecule is C=C(Cl)CNC(=O)C(N)C1CCOCC1.Cl. The van der Waals surface area contributed by atoms with Crippen LogP contribution in [0, 0.1) is 5.92 Å². The molecular formula is C10H18Cl2N2O2. The average Bonchev–Trinajstić information content (AvgIpc) is 2.26. The summed E-state index contributed by atoms with van der Waals surface area (Å²) in [5, 5.41) is 3.05. The van der Waals surface area contributed by atoms with Gasteiger partial charge in [0.05, 0.1) is 12.6 Å². The minimum absolute atomic E-state index is 0. The van der Waals surface area contributed by atoms with E-state index in [9.17, 15) is 4.79 Å². The molecular weight excluding hydrogens is 251 g/mol. The molecule has 1 atom stereocenters.